The molecule has 1 N–H and O–H groups in total. The number of carbonyl (C=O) groups excluding carboxylic acids is 1. The third kappa shape index (κ3) is 4.90. The number of nitrogens with zero attached hydrogens (tertiary/aromatic N) is 2. The Balaban J connectivity index is 2.37. The van der Waals surface area contributed by atoms with Gasteiger partial charge in [-0.1, -0.05) is 5.16 Å². The van der Waals surface area contributed by atoms with Crippen LogP contribution in [0.1, 0.15) is 48.1 Å². The smallest absolute Gasteiger partial charge is 0.253 e. The molecule has 0 saturated heterocycles. The molecule has 9 heteroatoms. The number of aromatic nitrogens is 1. The summed E-state index contributed by atoms with van der Waals surface area (Å²) in [5.41, 5.74) is 1.10. The van der Waals surface area contributed by atoms with Crippen molar-refractivity contribution in [1.82, 2.24) is 14.8 Å². The van der Waals surface area contributed by atoms with Gasteiger partial charge >= 0.3 is 0 Å². The first-order valence-electron chi connectivity index (χ1n) is 8.75. The van der Waals surface area contributed by atoms with Crippen molar-refractivity contribution in [1.29, 1.82) is 0 Å². The van der Waals surface area contributed by atoms with Gasteiger partial charge in [0, 0.05) is 23.7 Å². The highest BCUT2D eigenvalue weighted by Crippen LogP contribution is 2.27. The number of carbonyl (C=O) groups is 1. The molecule has 2 aromatic rings. The second-order valence-corrected chi connectivity index (χ2v) is 9.34. The van der Waals surface area contributed by atoms with Crippen LogP contribution in [-0.2, 0) is 16.6 Å². The predicted octanol–water partition coefficient (Wildman–Crippen LogP) is 2.65. The average Bonchev–Trinajstić information content (AvgIpc) is 2.90. The van der Waals surface area contributed by atoms with E-state index in [0.29, 0.717) is 18.0 Å². The van der Waals surface area contributed by atoms with Crippen LogP contribution in [0.15, 0.2) is 27.6 Å². The molecule has 0 bridgehead atoms. The first kappa shape index (κ1) is 21.9. The van der Waals surface area contributed by atoms with Crippen LogP contribution in [0.5, 0.6) is 5.75 Å². The highest BCUT2D eigenvalue weighted by atomic mass is 32.2. The normalized spacial score (nSPS) is 12.1. The van der Waals surface area contributed by atoms with Crippen molar-refractivity contribution in [2.75, 3.05) is 14.2 Å². The molecule has 2 rings (SSSR count). The lowest BCUT2D eigenvalue weighted by molar-refractivity contribution is 0.0784. The van der Waals surface area contributed by atoms with E-state index in [1.165, 1.54) is 24.1 Å². The van der Waals surface area contributed by atoms with Crippen LogP contribution in [0, 0.1) is 13.8 Å². The molecule has 0 atom stereocenters. The Morgan fingerprint density at radius 1 is 1.29 bits per heavy atom. The van der Waals surface area contributed by atoms with Crippen LogP contribution in [0.2, 0.25) is 0 Å². The molecule has 0 spiro atoms. The van der Waals surface area contributed by atoms with Crippen LogP contribution >= 0.6 is 0 Å². The zero-order valence-corrected chi connectivity index (χ0v) is 18.1. The van der Waals surface area contributed by atoms with E-state index in [9.17, 15) is 13.2 Å². The van der Waals surface area contributed by atoms with Crippen LogP contribution in [-0.4, -0.2) is 44.1 Å². The molecule has 8 nitrogen and oxygen atoms in total. The Morgan fingerprint density at radius 3 is 2.43 bits per heavy atom. The SMILES string of the molecule is COc1ccc(C(=O)N(C)Cc2c(C)noc2C)cc1S(=O)(=O)NC(C)(C)C. The van der Waals surface area contributed by atoms with E-state index in [2.05, 4.69) is 9.88 Å². The Labute approximate surface area is 165 Å². The fraction of sp³-hybridized carbons (Fsp3) is 0.474. The molecular formula is C19H27N3O5S. The molecule has 0 unspecified atom stereocenters. The molecule has 0 fully saturated rings. The van der Waals surface area contributed by atoms with Crippen LogP contribution in [0.4, 0.5) is 0 Å². The van der Waals surface area contributed by atoms with Gasteiger partial charge in [-0.15, -0.1) is 0 Å². The number of hydrogen-bond acceptors (Lipinski definition) is 6. The van der Waals surface area contributed by atoms with E-state index in [4.69, 9.17) is 9.26 Å². The molecule has 0 radical (unpaired) electrons. The second-order valence-electron chi connectivity index (χ2n) is 7.69. The zero-order chi connectivity index (χ0) is 21.3. The number of methoxy groups -OCH3 is 1. The summed E-state index contributed by atoms with van der Waals surface area (Å²) in [7, 11) is -0.852. The summed E-state index contributed by atoms with van der Waals surface area (Å²) in [5, 5.41) is 3.89. The number of hydrogen-bond donors (Lipinski definition) is 1. The number of rotatable bonds is 6. The first-order chi connectivity index (χ1) is 12.9. The van der Waals surface area contributed by atoms with Crippen molar-refractivity contribution >= 4 is 15.9 Å². The fourth-order valence-electron chi connectivity index (χ4n) is 2.73. The second kappa shape index (κ2) is 7.92. The predicted molar refractivity (Wildman–Crippen MR) is 105 cm³/mol. The summed E-state index contributed by atoms with van der Waals surface area (Å²) in [6.45, 7) is 9.11. The molecule has 1 aromatic carbocycles. The quantitative estimate of drug-likeness (QED) is 0.787. The molecule has 28 heavy (non-hydrogen) atoms. The van der Waals surface area contributed by atoms with E-state index in [0.717, 1.165) is 5.56 Å². The van der Waals surface area contributed by atoms with Crippen LogP contribution in [0.3, 0.4) is 0 Å². The van der Waals surface area contributed by atoms with Gasteiger partial charge in [-0.05, 0) is 52.8 Å². The number of sulfonamides is 1. The monoisotopic (exact) mass is 409 g/mol. The molecule has 0 saturated carbocycles. The summed E-state index contributed by atoms with van der Waals surface area (Å²) < 4.78 is 38.5. The Kier molecular flexibility index (Phi) is 6.20. The third-order valence-corrected chi connectivity index (χ3v) is 5.84. The number of amides is 1. The van der Waals surface area contributed by atoms with Crippen molar-refractivity contribution in [2.24, 2.45) is 0 Å². The van der Waals surface area contributed by atoms with Gasteiger partial charge < -0.3 is 14.2 Å². The molecule has 0 aliphatic heterocycles. The Bertz CT molecular complexity index is 954. The fourth-order valence-corrected chi connectivity index (χ4v) is 4.35. The summed E-state index contributed by atoms with van der Waals surface area (Å²) in [5.74, 6) is 0.487. The highest BCUT2D eigenvalue weighted by molar-refractivity contribution is 7.89. The van der Waals surface area contributed by atoms with Gasteiger partial charge in [0.05, 0.1) is 19.3 Å². The van der Waals surface area contributed by atoms with E-state index in [-0.39, 0.29) is 22.1 Å². The van der Waals surface area contributed by atoms with Gasteiger partial charge in [0.25, 0.3) is 5.91 Å². The van der Waals surface area contributed by atoms with E-state index in [1.807, 2.05) is 0 Å². The molecule has 1 aromatic heterocycles. The van der Waals surface area contributed by atoms with Gasteiger partial charge in [0.1, 0.15) is 16.4 Å². The molecule has 1 amide bonds. The summed E-state index contributed by atoms with van der Waals surface area (Å²) in [6.07, 6.45) is 0. The number of nitrogens with one attached hydrogen (secondary N) is 1. The maximum absolute atomic E-state index is 12.9. The maximum atomic E-state index is 12.9. The summed E-state index contributed by atoms with van der Waals surface area (Å²) in [6, 6.07) is 4.36. The zero-order valence-electron chi connectivity index (χ0n) is 17.3. The van der Waals surface area contributed by atoms with Gasteiger partial charge in [-0.3, -0.25) is 4.79 Å². The molecular weight excluding hydrogens is 382 g/mol. The summed E-state index contributed by atoms with van der Waals surface area (Å²) in [4.78, 5) is 14.3. The highest BCUT2D eigenvalue weighted by Gasteiger charge is 2.27. The van der Waals surface area contributed by atoms with E-state index < -0.39 is 15.6 Å². The molecule has 1 heterocycles. The molecule has 0 aliphatic carbocycles. The summed E-state index contributed by atoms with van der Waals surface area (Å²) >= 11 is 0. The largest absolute Gasteiger partial charge is 0.495 e. The number of ether oxygens (including phenoxy) is 1. The lowest BCUT2D eigenvalue weighted by Crippen LogP contribution is -2.40. The maximum Gasteiger partial charge on any atom is 0.253 e. The van der Waals surface area contributed by atoms with Crippen molar-refractivity contribution in [3.05, 3.63) is 40.8 Å². The van der Waals surface area contributed by atoms with Gasteiger partial charge in [0.2, 0.25) is 10.0 Å². The average molecular weight is 410 g/mol. The molecule has 154 valence electrons. The van der Waals surface area contributed by atoms with Crippen LogP contribution in [0.25, 0.3) is 0 Å². The standard InChI is InChI=1S/C19H27N3O5S/c1-12-15(13(2)27-20-12)11-22(6)18(23)14-8-9-16(26-7)17(10-14)28(24,25)21-19(3,4)5/h8-10,21H,11H2,1-7H3. The van der Waals surface area contributed by atoms with E-state index >= 15 is 0 Å². The minimum absolute atomic E-state index is 0.0819. The van der Waals surface area contributed by atoms with Crippen molar-refractivity contribution in [3.63, 3.8) is 0 Å². The van der Waals surface area contributed by atoms with Crippen molar-refractivity contribution in [2.45, 2.75) is 51.6 Å². The van der Waals surface area contributed by atoms with Crippen LogP contribution < -0.4 is 9.46 Å². The lowest BCUT2D eigenvalue weighted by atomic mass is 10.1. The van der Waals surface area contributed by atoms with Gasteiger partial charge in [-0.25, -0.2) is 13.1 Å². The lowest BCUT2D eigenvalue weighted by Gasteiger charge is -2.22. The number of benzene rings is 1. The first-order valence-corrected chi connectivity index (χ1v) is 10.2. The molecule has 0 aliphatic rings. The van der Waals surface area contributed by atoms with Gasteiger partial charge in [0.15, 0.2) is 0 Å². The minimum atomic E-state index is -3.88. The van der Waals surface area contributed by atoms with Crippen molar-refractivity contribution < 1.29 is 22.5 Å². The van der Waals surface area contributed by atoms with Gasteiger partial charge in [-0.2, -0.15) is 0 Å². The Hall–Kier alpha value is -2.39. The number of aryl methyl sites for hydroxylation is 2. The minimum Gasteiger partial charge on any atom is -0.495 e. The Morgan fingerprint density at radius 2 is 1.93 bits per heavy atom. The van der Waals surface area contributed by atoms with E-state index in [1.54, 1.807) is 47.7 Å². The van der Waals surface area contributed by atoms with Crippen molar-refractivity contribution in [3.8, 4) is 5.75 Å². The topological polar surface area (TPSA) is 102 Å². The third-order valence-electron chi connectivity index (χ3n) is 4.06.